The highest BCUT2D eigenvalue weighted by atomic mass is 16.5. The number of carbonyl (C=O) groups is 2. The Hall–Kier alpha value is -1.14. The Labute approximate surface area is 139 Å². The van der Waals surface area contributed by atoms with E-state index in [1.165, 1.54) is 6.42 Å². The van der Waals surface area contributed by atoms with Crippen LogP contribution in [-0.2, 0) is 14.3 Å². The average molecular weight is 325 g/mol. The molecule has 132 valence electrons. The van der Waals surface area contributed by atoms with Gasteiger partial charge in [0.2, 0.25) is 5.91 Å². The number of carbonyl (C=O) groups excluding carboxylic acids is 2. The summed E-state index contributed by atoms with van der Waals surface area (Å²) in [5.41, 5.74) is 0. The van der Waals surface area contributed by atoms with Gasteiger partial charge in [0.1, 0.15) is 6.04 Å². The molecule has 2 aliphatic heterocycles. The predicted molar refractivity (Wildman–Crippen MR) is 89.2 cm³/mol. The Morgan fingerprint density at radius 2 is 1.61 bits per heavy atom. The molecule has 0 N–H and O–H groups in total. The lowest BCUT2D eigenvalue weighted by atomic mass is 10.1. The smallest absolute Gasteiger partial charge is 0.323 e. The number of hydrogen-bond donors (Lipinski definition) is 0. The molecule has 2 fully saturated rings. The van der Waals surface area contributed by atoms with Gasteiger partial charge in [-0.3, -0.25) is 19.4 Å². The van der Waals surface area contributed by atoms with Gasteiger partial charge < -0.3 is 9.64 Å². The summed E-state index contributed by atoms with van der Waals surface area (Å²) in [6.45, 7) is 9.98. The molecule has 6 heteroatoms. The first-order chi connectivity index (χ1) is 11.2. The van der Waals surface area contributed by atoms with Crippen LogP contribution in [0.5, 0.6) is 0 Å². The van der Waals surface area contributed by atoms with Gasteiger partial charge in [0.25, 0.3) is 0 Å². The molecule has 0 saturated carbocycles. The molecule has 2 aliphatic rings. The minimum atomic E-state index is -0.144. The third-order valence-corrected chi connectivity index (χ3v) is 4.86. The van der Waals surface area contributed by atoms with E-state index >= 15 is 0 Å². The lowest BCUT2D eigenvalue weighted by molar-refractivity contribution is -0.151. The summed E-state index contributed by atoms with van der Waals surface area (Å²) in [4.78, 5) is 30.7. The van der Waals surface area contributed by atoms with Gasteiger partial charge in [-0.25, -0.2) is 0 Å². The van der Waals surface area contributed by atoms with E-state index in [4.69, 9.17) is 4.74 Å². The highest BCUT2D eigenvalue weighted by Crippen LogP contribution is 2.13. The SMILES string of the molecule is CCOC(=O)C(CC)N1CCN(CC(=O)N2CCCCC2)CC1. The maximum Gasteiger partial charge on any atom is 0.323 e. The molecule has 0 aromatic carbocycles. The third kappa shape index (κ3) is 5.18. The Bertz CT molecular complexity index is 389. The average Bonchev–Trinajstić information content (AvgIpc) is 2.58. The largest absolute Gasteiger partial charge is 0.465 e. The van der Waals surface area contributed by atoms with Crippen LogP contribution in [0.1, 0.15) is 39.5 Å². The normalized spacial score (nSPS) is 21.9. The molecule has 1 unspecified atom stereocenters. The molecule has 2 rings (SSSR count). The molecule has 0 spiro atoms. The van der Waals surface area contributed by atoms with Crippen LogP contribution in [0, 0.1) is 0 Å². The number of piperidine rings is 1. The van der Waals surface area contributed by atoms with Crippen LogP contribution in [0.2, 0.25) is 0 Å². The first-order valence-corrected chi connectivity index (χ1v) is 9.06. The zero-order valence-corrected chi connectivity index (χ0v) is 14.6. The quantitative estimate of drug-likeness (QED) is 0.681. The zero-order chi connectivity index (χ0) is 16.7. The number of esters is 1. The van der Waals surface area contributed by atoms with Crippen molar-refractivity contribution in [2.45, 2.75) is 45.6 Å². The number of piperazine rings is 1. The summed E-state index contributed by atoms with van der Waals surface area (Å²) in [7, 11) is 0. The van der Waals surface area contributed by atoms with E-state index < -0.39 is 0 Å². The van der Waals surface area contributed by atoms with Crippen molar-refractivity contribution < 1.29 is 14.3 Å². The summed E-state index contributed by atoms with van der Waals surface area (Å²) in [5.74, 6) is 0.142. The van der Waals surface area contributed by atoms with Gasteiger partial charge in [-0.1, -0.05) is 6.92 Å². The minimum Gasteiger partial charge on any atom is -0.465 e. The molecular formula is C17H31N3O3. The second kappa shape index (κ2) is 9.23. The fourth-order valence-electron chi connectivity index (χ4n) is 3.48. The molecule has 0 aromatic rings. The maximum atomic E-state index is 12.3. The van der Waals surface area contributed by atoms with Crippen LogP contribution in [0.3, 0.4) is 0 Å². The van der Waals surface area contributed by atoms with Gasteiger partial charge >= 0.3 is 5.97 Å². The van der Waals surface area contributed by atoms with E-state index in [-0.39, 0.29) is 17.9 Å². The molecule has 0 aliphatic carbocycles. The minimum absolute atomic E-state index is 0.118. The Morgan fingerprint density at radius 3 is 2.17 bits per heavy atom. The van der Waals surface area contributed by atoms with Gasteiger partial charge in [0.05, 0.1) is 13.2 Å². The summed E-state index contributed by atoms with van der Waals surface area (Å²) in [6.07, 6.45) is 4.29. The molecule has 2 saturated heterocycles. The van der Waals surface area contributed by atoms with Crippen molar-refractivity contribution in [1.29, 1.82) is 0 Å². The standard InChI is InChI=1S/C17H31N3O3/c1-3-15(17(22)23-4-2)19-12-10-18(11-13-19)14-16(21)20-8-6-5-7-9-20/h15H,3-14H2,1-2H3. The van der Waals surface area contributed by atoms with Crippen molar-refractivity contribution in [3.05, 3.63) is 0 Å². The number of nitrogens with zero attached hydrogens (tertiary/aromatic N) is 3. The van der Waals surface area contributed by atoms with E-state index in [0.717, 1.165) is 58.5 Å². The van der Waals surface area contributed by atoms with E-state index in [2.05, 4.69) is 9.80 Å². The fraction of sp³-hybridized carbons (Fsp3) is 0.882. The van der Waals surface area contributed by atoms with E-state index in [1.807, 2.05) is 18.7 Å². The van der Waals surface area contributed by atoms with Crippen molar-refractivity contribution in [3.63, 3.8) is 0 Å². The van der Waals surface area contributed by atoms with E-state index in [1.54, 1.807) is 0 Å². The highest BCUT2D eigenvalue weighted by Gasteiger charge is 2.29. The second-order valence-corrected chi connectivity index (χ2v) is 6.43. The maximum absolute atomic E-state index is 12.3. The van der Waals surface area contributed by atoms with Crippen molar-refractivity contribution >= 4 is 11.9 Å². The van der Waals surface area contributed by atoms with Crippen LogP contribution in [0.15, 0.2) is 0 Å². The molecule has 0 bridgehead atoms. The molecule has 2 heterocycles. The van der Waals surface area contributed by atoms with E-state index in [9.17, 15) is 9.59 Å². The third-order valence-electron chi connectivity index (χ3n) is 4.86. The van der Waals surface area contributed by atoms with Crippen LogP contribution in [0.25, 0.3) is 0 Å². The molecular weight excluding hydrogens is 294 g/mol. The summed E-state index contributed by atoms with van der Waals surface area (Å²) < 4.78 is 5.16. The molecule has 0 aromatic heterocycles. The van der Waals surface area contributed by atoms with Gasteiger partial charge in [0, 0.05) is 39.3 Å². The van der Waals surface area contributed by atoms with Crippen molar-refractivity contribution in [2.24, 2.45) is 0 Å². The summed E-state index contributed by atoms with van der Waals surface area (Å²) >= 11 is 0. The topological polar surface area (TPSA) is 53.1 Å². The Kier molecular flexibility index (Phi) is 7.30. The number of hydrogen-bond acceptors (Lipinski definition) is 5. The molecule has 23 heavy (non-hydrogen) atoms. The zero-order valence-electron chi connectivity index (χ0n) is 14.6. The highest BCUT2D eigenvalue weighted by molar-refractivity contribution is 5.78. The van der Waals surface area contributed by atoms with Gasteiger partial charge in [-0.05, 0) is 32.6 Å². The Balaban J connectivity index is 1.76. The number of ether oxygens (including phenoxy) is 1. The number of likely N-dealkylation sites (tertiary alicyclic amines) is 1. The van der Waals surface area contributed by atoms with Crippen molar-refractivity contribution in [1.82, 2.24) is 14.7 Å². The Morgan fingerprint density at radius 1 is 0.957 bits per heavy atom. The first-order valence-electron chi connectivity index (χ1n) is 9.06. The van der Waals surface area contributed by atoms with Crippen LogP contribution >= 0.6 is 0 Å². The summed E-state index contributed by atoms with van der Waals surface area (Å²) in [6, 6.07) is -0.144. The second-order valence-electron chi connectivity index (χ2n) is 6.43. The van der Waals surface area contributed by atoms with Crippen LogP contribution in [-0.4, -0.2) is 85.0 Å². The number of rotatable bonds is 6. The van der Waals surface area contributed by atoms with Crippen molar-refractivity contribution in [2.75, 3.05) is 52.4 Å². The fourth-order valence-corrected chi connectivity index (χ4v) is 3.48. The molecule has 0 radical (unpaired) electrons. The summed E-state index contributed by atoms with van der Waals surface area (Å²) in [5, 5.41) is 0. The van der Waals surface area contributed by atoms with Gasteiger partial charge in [0.15, 0.2) is 0 Å². The van der Waals surface area contributed by atoms with Crippen LogP contribution in [0.4, 0.5) is 0 Å². The lowest BCUT2D eigenvalue weighted by Gasteiger charge is -2.38. The molecule has 1 atom stereocenters. The molecule has 1 amide bonds. The van der Waals surface area contributed by atoms with E-state index in [0.29, 0.717) is 13.2 Å². The van der Waals surface area contributed by atoms with Crippen LogP contribution < -0.4 is 0 Å². The molecule has 6 nitrogen and oxygen atoms in total. The predicted octanol–water partition coefficient (Wildman–Crippen LogP) is 0.958. The first kappa shape index (κ1) is 18.2. The number of amides is 1. The van der Waals surface area contributed by atoms with Gasteiger partial charge in [-0.2, -0.15) is 0 Å². The van der Waals surface area contributed by atoms with Gasteiger partial charge in [-0.15, -0.1) is 0 Å². The lowest BCUT2D eigenvalue weighted by Crippen LogP contribution is -2.54. The monoisotopic (exact) mass is 325 g/mol. The van der Waals surface area contributed by atoms with Crippen molar-refractivity contribution in [3.8, 4) is 0 Å².